The molecule has 0 saturated carbocycles. The molecule has 11 heteroatoms. The highest BCUT2D eigenvalue weighted by Crippen LogP contribution is 2.48. The van der Waals surface area contributed by atoms with Crippen molar-refractivity contribution in [2.45, 2.75) is 19.0 Å². The average Bonchev–Trinajstić information content (AvgIpc) is 2.94. The molecule has 0 aliphatic carbocycles. The van der Waals surface area contributed by atoms with Crippen LogP contribution in [0.3, 0.4) is 0 Å². The number of fused-ring (bicyclic) bond motifs is 3. The number of hydrogen-bond acceptors (Lipinski definition) is 7. The monoisotopic (exact) mass is 587 g/mol. The van der Waals surface area contributed by atoms with E-state index in [9.17, 15) is 18.0 Å². The van der Waals surface area contributed by atoms with Gasteiger partial charge in [0.1, 0.15) is 37.1 Å². The molecule has 0 saturated heterocycles. The van der Waals surface area contributed by atoms with E-state index in [0.717, 1.165) is 12.1 Å². The molecule has 7 nitrogen and oxygen atoms in total. The van der Waals surface area contributed by atoms with Gasteiger partial charge in [-0.05, 0) is 41.5 Å². The van der Waals surface area contributed by atoms with E-state index in [-0.39, 0.29) is 24.2 Å². The summed E-state index contributed by atoms with van der Waals surface area (Å²) in [6.07, 6.45) is -3.08. The third-order valence-corrected chi connectivity index (χ3v) is 6.61. The van der Waals surface area contributed by atoms with Gasteiger partial charge in [-0.3, -0.25) is 9.78 Å². The molecule has 0 spiro atoms. The topological polar surface area (TPSA) is 76.1 Å². The van der Waals surface area contributed by atoms with E-state index < -0.39 is 16.8 Å². The van der Waals surface area contributed by atoms with Gasteiger partial charge in [0, 0.05) is 32.2 Å². The highest BCUT2D eigenvalue weighted by molar-refractivity contribution is 6.31. The van der Waals surface area contributed by atoms with Crippen LogP contribution in [0.15, 0.2) is 60.8 Å². The summed E-state index contributed by atoms with van der Waals surface area (Å²) in [4.78, 5) is 17.1. The van der Waals surface area contributed by atoms with Crippen LogP contribution < -0.4 is 18.9 Å². The number of carbonyl (C=O) groups is 1. The largest absolute Gasteiger partial charge is 0.487 e. The van der Waals surface area contributed by atoms with Crippen molar-refractivity contribution in [2.24, 2.45) is 0 Å². The first-order chi connectivity index (χ1) is 19.7. The predicted octanol–water partition coefficient (Wildman–Crippen LogP) is 6.85. The fourth-order valence-corrected chi connectivity index (χ4v) is 4.65. The number of rotatable bonds is 10. The maximum absolute atomic E-state index is 13.1. The molecule has 1 aliphatic rings. The van der Waals surface area contributed by atoms with Gasteiger partial charge in [-0.1, -0.05) is 29.8 Å². The Labute approximate surface area is 238 Å². The van der Waals surface area contributed by atoms with Crippen LogP contribution in [0.25, 0.3) is 10.9 Å². The highest BCUT2D eigenvalue weighted by Gasteiger charge is 2.33. The third kappa shape index (κ3) is 6.66. The Hall–Kier alpha value is -4.02. The summed E-state index contributed by atoms with van der Waals surface area (Å²) in [5.74, 6) is 2.20. The molecule has 3 aromatic carbocycles. The standard InChI is InChI=1S/C30H25ClF3NO6/c1-37-10-11-38-26-17-24-27(29-28(26)39-12-13-40-29)25(8-9-35-24)41-21-5-2-18(3-6-21)14-20(36)15-19-4-7-23(31)22(16-19)30(32,33)34/h2-9,16-17H,10-15H2,1H3. The summed E-state index contributed by atoms with van der Waals surface area (Å²) in [5, 5.41) is 0.225. The summed E-state index contributed by atoms with van der Waals surface area (Å²) in [6.45, 7) is 1.47. The van der Waals surface area contributed by atoms with Gasteiger partial charge in [0.05, 0.1) is 28.1 Å². The Balaban J connectivity index is 1.31. The maximum atomic E-state index is 13.1. The van der Waals surface area contributed by atoms with Gasteiger partial charge in [-0.2, -0.15) is 13.2 Å². The number of pyridine rings is 1. The highest BCUT2D eigenvalue weighted by atomic mass is 35.5. The molecule has 1 aromatic heterocycles. The number of methoxy groups -OCH3 is 1. The molecule has 0 atom stereocenters. The normalized spacial score (nSPS) is 12.8. The number of hydrogen-bond donors (Lipinski definition) is 0. The van der Waals surface area contributed by atoms with Gasteiger partial charge in [-0.15, -0.1) is 0 Å². The Morgan fingerprint density at radius 1 is 0.927 bits per heavy atom. The zero-order valence-electron chi connectivity index (χ0n) is 21.9. The summed E-state index contributed by atoms with van der Waals surface area (Å²) in [7, 11) is 1.59. The summed E-state index contributed by atoms with van der Waals surface area (Å²) in [5.41, 5.74) is 0.580. The number of ketones is 1. The second kappa shape index (κ2) is 12.2. The summed E-state index contributed by atoms with van der Waals surface area (Å²) in [6, 6.07) is 13.9. The number of benzene rings is 3. The van der Waals surface area contributed by atoms with E-state index in [1.54, 1.807) is 49.7 Å². The van der Waals surface area contributed by atoms with Gasteiger partial charge in [0.2, 0.25) is 5.75 Å². The first-order valence-corrected chi connectivity index (χ1v) is 13.1. The van der Waals surface area contributed by atoms with Crippen molar-refractivity contribution in [3.05, 3.63) is 82.5 Å². The van der Waals surface area contributed by atoms with Crippen molar-refractivity contribution in [3.63, 3.8) is 0 Å². The van der Waals surface area contributed by atoms with Gasteiger partial charge in [0.15, 0.2) is 11.5 Å². The number of alkyl halides is 3. The molecule has 0 unspecified atom stereocenters. The van der Waals surface area contributed by atoms with E-state index >= 15 is 0 Å². The Morgan fingerprint density at radius 2 is 1.63 bits per heavy atom. The second-order valence-corrected chi connectivity index (χ2v) is 9.63. The lowest BCUT2D eigenvalue weighted by Gasteiger charge is -2.23. The van der Waals surface area contributed by atoms with Crippen LogP contribution in [-0.4, -0.2) is 44.3 Å². The van der Waals surface area contributed by atoms with Crippen molar-refractivity contribution in [2.75, 3.05) is 33.5 Å². The summed E-state index contributed by atoms with van der Waals surface area (Å²) < 4.78 is 68.3. The second-order valence-electron chi connectivity index (χ2n) is 9.22. The smallest absolute Gasteiger partial charge is 0.417 e. The average molecular weight is 588 g/mol. The van der Waals surface area contributed by atoms with Gasteiger partial charge in [-0.25, -0.2) is 0 Å². The van der Waals surface area contributed by atoms with Crippen LogP contribution in [-0.2, 0) is 28.5 Å². The minimum Gasteiger partial charge on any atom is -0.487 e. The van der Waals surface area contributed by atoms with E-state index in [1.165, 1.54) is 6.07 Å². The fourth-order valence-electron chi connectivity index (χ4n) is 4.42. The van der Waals surface area contributed by atoms with Crippen molar-refractivity contribution >= 4 is 28.3 Å². The van der Waals surface area contributed by atoms with Gasteiger partial charge >= 0.3 is 6.18 Å². The quantitative estimate of drug-likeness (QED) is 0.188. The maximum Gasteiger partial charge on any atom is 0.417 e. The first kappa shape index (κ1) is 28.5. The SMILES string of the molecule is COCCOc1cc2nccc(Oc3ccc(CC(=O)Cc4ccc(Cl)c(C(F)(F)F)c4)cc3)c2c2c1OCCO2. The number of Topliss-reactive ketones (excluding diaryl/α,β-unsaturated/α-hetero) is 1. The molecule has 0 bridgehead atoms. The Morgan fingerprint density at radius 3 is 2.37 bits per heavy atom. The van der Waals surface area contributed by atoms with E-state index in [1.807, 2.05) is 0 Å². The number of halogens is 4. The van der Waals surface area contributed by atoms with Crippen molar-refractivity contribution in [3.8, 4) is 28.7 Å². The molecule has 214 valence electrons. The van der Waals surface area contributed by atoms with Crippen LogP contribution >= 0.6 is 11.6 Å². The molecule has 0 radical (unpaired) electrons. The summed E-state index contributed by atoms with van der Waals surface area (Å²) >= 11 is 5.67. The minimum atomic E-state index is -4.59. The van der Waals surface area contributed by atoms with Gasteiger partial charge in [0.25, 0.3) is 0 Å². The predicted molar refractivity (Wildman–Crippen MR) is 145 cm³/mol. The zero-order chi connectivity index (χ0) is 29.0. The molecule has 4 aromatic rings. The van der Waals surface area contributed by atoms with Crippen LogP contribution in [0.2, 0.25) is 5.02 Å². The van der Waals surface area contributed by atoms with Gasteiger partial charge < -0.3 is 23.7 Å². The molecule has 1 aliphatic heterocycles. The lowest BCUT2D eigenvalue weighted by atomic mass is 10.0. The van der Waals surface area contributed by atoms with Crippen molar-refractivity contribution in [1.82, 2.24) is 4.98 Å². The lowest BCUT2D eigenvalue weighted by Crippen LogP contribution is -2.17. The molecule has 0 fully saturated rings. The van der Waals surface area contributed by atoms with Crippen LogP contribution in [0.4, 0.5) is 13.2 Å². The zero-order valence-corrected chi connectivity index (χ0v) is 22.7. The number of ether oxygens (including phenoxy) is 5. The Kier molecular flexibility index (Phi) is 8.51. The molecule has 41 heavy (non-hydrogen) atoms. The van der Waals surface area contributed by atoms with E-state index in [4.69, 9.17) is 35.3 Å². The van der Waals surface area contributed by atoms with E-state index in [0.29, 0.717) is 71.6 Å². The minimum absolute atomic E-state index is 0.0486. The molecule has 5 rings (SSSR count). The number of aromatic nitrogens is 1. The molecule has 0 N–H and O–H groups in total. The molecule has 2 heterocycles. The lowest BCUT2D eigenvalue weighted by molar-refractivity contribution is -0.137. The van der Waals surface area contributed by atoms with E-state index in [2.05, 4.69) is 4.98 Å². The van der Waals surface area contributed by atoms with Crippen molar-refractivity contribution in [1.29, 1.82) is 0 Å². The third-order valence-electron chi connectivity index (χ3n) is 6.28. The molecular formula is C30H25ClF3NO6. The van der Waals surface area contributed by atoms with Crippen LogP contribution in [0, 0.1) is 0 Å². The number of nitrogens with zero attached hydrogens (tertiary/aromatic N) is 1. The Bertz CT molecular complexity index is 1560. The number of carbonyl (C=O) groups excluding carboxylic acids is 1. The molecule has 0 amide bonds. The first-order valence-electron chi connectivity index (χ1n) is 12.7. The van der Waals surface area contributed by atoms with Crippen molar-refractivity contribution < 1.29 is 41.7 Å². The fraction of sp³-hybridized carbons (Fsp3) is 0.267. The molecular weight excluding hydrogens is 563 g/mol. The van der Waals surface area contributed by atoms with Crippen LogP contribution in [0.1, 0.15) is 16.7 Å². The van der Waals surface area contributed by atoms with Crippen LogP contribution in [0.5, 0.6) is 28.7 Å².